The summed E-state index contributed by atoms with van der Waals surface area (Å²) >= 11 is 0. The first-order valence-electron chi connectivity index (χ1n) is 7.77. The van der Waals surface area contributed by atoms with Gasteiger partial charge < -0.3 is 9.47 Å². The van der Waals surface area contributed by atoms with E-state index in [9.17, 15) is 17.6 Å². The van der Waals surface area contributed by atoms with Crippen molar-refractivity contribution >= 4 is 5.65 Å². The topological polar surface area (TPSA) is 74.4 Å². The predicted molar refractivity (Wildman–Crippen MR) is 85.6 cm³/mol. The molecule has 0 saturated carbocycles. The lowest BCUT2D eigenvalue weighted by molar-refractivity contribution is -0.237. The standard InChI is InChI=1S/C16H15F4N5O2/c1-9(15(2,17)18)27-13-5-4-10(6-22-13)11-8-25-12(7-21-11)23-24-14(25)16(19,20)26-3/h4-9H,1-3H3/t9-/m0/s1. The van der Waals surface area contributed by atoms with Crippen molar-refractivity contribution in [2.24, 2.45) is 0 Å². The van der Waals surface area contributed by atoms with E-state index in [0.29, 0.717) is 11.3 Å². The molecule has 0 saturated heterocycles. The fraction of sp³-hybridized carbons (Fsp3) is 0.375. The van der Waals surface area contributed by atoms with E-state index in [4.69, 9.17) is 4.74 Å². The summed E-state index contributed by atoms with van der Waals surface area (Å²) < 4.78 is 64.2. The van der Waals surface area contributed by atoms with Crippen molar-refractivity contribution in [3.63, 3.8) is 0 Å². The van der Waals surface area contributed by atoms with Crippen molar-refractivity contribution in [1.82, 2.24) is 24.6 Å². The van der Waals surface area contributed by atoms with E-state index < -0.39 is 24.0 Å². The Bertz CT molecular complexity index is 940. The first-order chi connectivity index (χ1) is 12.6. The number of alkyl halides is 4. The van der Waals surface area contributed by atoms with Crippen LogP contribution >= 0.6 is 0 Å². The molecule has 0 bridgehead atoms. The van der Waals surface area contributed by atoms with Crippen LogP contribution in [0.5, 0.6) is 5.88 Å². The minimum Gasteiger partial charge on any atom is -0.468 e. The normalized spacial score (nSPS) is 13.7. The molecule has 27 heavy (non-hydrogen) atoms. The molecule has 0 aliphatic heterocycles. The zero-order valence-electron chi connectivity index (χ0n) is 14.5. The third-order valence-electron chi connectivity index (χ3n) is 3.85. The zero-order chi connectivity index (χ0) is 19.8. The molecule has 0 aromatic carbocycles. The van der Waals surface area contributed by atoms with E-state index in [1.807, 2.05) is 0 Å². The number of pyridine rings is 1. The lowest BCUT2D eigenvalue weighted by Crippen LogP contribution is -2.32. The number of halogens is 4. The predicted octanol–water partition coefficient (Wildman–Crippen LogP) is 3.30. The molecule has 0 aliphatic carbocycles. The summed E-state index contributed by atoms with van der Waals surface area (Å²) in [5.41, 5.74) is 0.862. The van der Waals surface area contributed by atoms with Crippen LogP contribution in [0.2, 0.25) is 0 Å². The molecule has 3 aromatic heterocycles. The second-order valence-electron chi connectivity index (χ2n) is 5.85. The number of methoxy groups -OCH3 is 1. The van der Waals surface area contributed by atoms with Gasteiger partial charge in [-0.25, -0.2) is 13.8 Å². The number of hydrogen-bond donors (Lipinski definition) is 0. The zero-order valence-corrected chi connectivity index (χ0v) is 14.5. The van der Waals surface area contributed by atoms with E-state index in [1.54, 1.807) is 0 Å². The Morgan fingerprint density at radius 2 is 1.81 bits per heavy atom. The van der Waals surface area contributed by atoms with E-state index >= 15 is 0 Å². The molecular formula is C16H15F4N5O2. The summed E-state index contributed by atoms with van der Waals surface area (Å²) in [6.07, 6.45) is -1.08. The van der Waals surface area contributed by atoms with Gasteiger partial charge in [-0.15, -0.1) is 10.2 Å². The molecule has 0 unspecified atom stereocenters. The van der Waals surface area contributed by atoms with Gasteiger partial charge in [-0.1, -0.05) is 0 Å². The molecule has 0 spiro atoms. The van der Waals surface area contributed by atoms with Crippen LogP contribution in [0.1, 0.15) is 19.7 Å². The molecule has 7 nitrogen and oxygen atoms in total. The molecule has 0 amide bonds. The van der Waals surface area contributed by atoms with E-state index in [1.165, 1.54) is 37.6 Å². The average Bonchev–Trinajstić information content (AvgIpc) is 3.05. The molecule has 11 heteroatoms. The number of nitrogens with zero attached hydrogens (tertiary/aromatic N) is 5. The molecule has 0 radical (unpaired) electrons. The highest BCUT2D eigenvalue weighted by atomic mass is 19.3. The van der Waals surface area contributed by atoms with Crippen LogP contribution in [0.25, 0.3) is 16.9 Å². The Hall–Kier alpha value is -2.82. The van der Waals surface area contributed by atoms with Gasteiger partial charge in [0.25, 0.3) is 5.92 Å². The van der Waals surface area contributed by atoms with Gasteiger partial charge in [0.1, 0.15) is 0 Å². The summed E-state index contributed by atoms with van der Waals surface area (Å²) in [6.45, 7) is 1.98. The maximum Gasteiger partial charge on any atom is 0.417 e. The Kier molecular flexibility index (Phi) is 4.72. The fourth-order valence-corrected chi connectivity index (χ4v) is 2.13. The Morgan fingerprint density at radius 1 is 1.07 bits per heavy atom. The molecule has 0 aliphatic rings. The number of fused-ring (bicyclic) bond motifs is 1. The lowest BCUT2D eigenvalue weighted by Gasteiger charge is -2.20. The van der Waals surface area contributed by atoms with Crippen molar-refractivity contribution in [1.29, 1.82) is 0 Å². The van der Waals surface area contributed by atoms with Crippen molar-refractivity contribution in [2.45, 2.75) is 32.0 Å². The van der Waals surface area contributed by atoms with Crippen LogP contribution < -0.4 is 4.74 Å². The third-order valence-corrected chi connectivity index (χ3v) is 3.85. The molecule has 1 atom stereocenters. The summed E-state index contributed by atoms with van der Waals surface area (Å²) in [7, 11) is 0.854. The summed E-state index contributed by atoms with van der Waals surface area (Å²) in [5, 5.41) is 7.05. The van der Waals surface area contributed by atoms with Crippen molar-refractivity contribution < 1.29 is 27.0 Å². The van der Waals surface area contributed by atoms with Gasteiger partial charge in [-0.3, -0.25) is 9.38 Å². The smallest absolute Gasteiger partial charge is 0.417 e. The number of hydrogen-bond acceptors (Lipinski definition) is 6. The second kappa shape index (κ2) is 6.72. The van der Waals surface area contributed by atoms with E-state index in [-0.39, 0.29) is 11.5 Å². The Balaban J connectivity index is 1.90. The van der Waals surface area contributed by atoms with Crippen LogP contribution in [0.15, 0.2) is 30.7 Å². The second-order valence-corrected chi connectivity index (χ2v) is 5.85. The first-order valence-corrected chi connectivity index (χ1v) is 7.77. The summed E-state index contributed by atoms with van der Waals surface area (Å²) in [5.74, 6) is -3.72. The molecule has 3 rings (SSSR count). The van der Waals surface area contributed by atoms with E-state index in [2.05, 4.69) is 24.9 Å². The van der Waals surface area contributed by atoms with Crippen LogP contribution in [0.3, 0.4) is 0 Å². The molecule has 144 valence electrons. The first kappa shape index (κ1) is 19.0. The molecular weight excluding hydrogens is 370 g/mol. The van der Waals surface area contributed by atoms with Gasteiger partial charge in [0.15, 0.2) is 11.8 Å². The lowest BCUT2D eigenvalue weighted by atomic mass is 10.2. The fourth-order valence-electron chi connectivity index (χ4n) is 2.13. The number of ether oxygens (including phenoxy) is 2. The van der Waals surface area contributed by atoms with Crippen molar-refractivity contribution in [3.8, 4) is 17.1 Å². The SMILES string of the molecule is COC(F)(F)c1nnc2cnc(-c3ccc(O[C@@H](C)C(C)(F)F)nc3)cn12. The molecule has 3 aromatic rings. The van der Waals surface area contributed by atoms with Crippen molar-refractivity contribution in [3.05, 3.63) is 36.5 Å². The highest BCUT2D eigenvalue weighted by molar-refractivity contribution is 5.59. The van der Waals surface area contributed by atoms with Gasteiger partial charge in [0, 0.05) is 38.1 Å². The maximum absolute atomic E-state index is 13.8. The van der Waals surface area contributed by atoms with E-state index in [0.717, 1.165) is 18.4 Å². The molecule has 0 N–H and O–H groups in total. The van der Waals surface area contributed by atoms with Crippen LogP contribution in [0.4, 0.5) is 17.6 Å². The highest BCUT2D eigenvalue weighted by Gasteiger charge is 2.37. The Labute approximate surface area is 151 Å². The summed E-state index contributed by atoms with van der Waals surface area (Å²) in [6, 6.07) is 2.91. The van der Waals surface area contributed by atoms with Gasteiger partial charge in [0.05, 0.1) is 11.9 Å². The van der Waals surface area contributed by atoms with Crippen molar-refractivity contribution in [2.75, 3.05) is 7.11 Å². The minimum absolute atomic E-state index is 0.00440. The van der Waals surface area contributed by atoms with Crippen LogP contribution in [0, 0.1) is 0 Å². The van der Waals surface area contributed by atoms with Gasteiger partial charge in [-0.05, 0) is 13.0 Å². The van der Waals surface area contributed by atoms with Crippen LogP contribution in [-0.2, 0) is 10.8 Å². The van der Waals surface area contributed by atoms with Gasteiger partial charge in [-0.2, -0.15) is 8.78 Å². The average molecular weight is 385 g/mol. The monoisotopic (exact) mass is 385 g/mol. The summed E-state index contributed by atoms with van der Waals surface area (Å²) in [4.78, 5) is 8.07. The molecule has 0 fully saturated rings. The maximum atomic E-state index is 13.8. The Morgan fingerprint density at radius 3 is 2.41 bits per heavy atom. The highest BCUT2D eigenvalue weighted by Crippen LogP contribution is 2.28. The third kappa shape index (κ3) is 3.82. The minimum atomic E-state index is -3.63. The molecule has 3 heterocycles. The quantitative estimate of drug-likeness (QED) is 0.606. The van der Waals surface area contributed by atoms with Crippen LogP contribution in [-0.4, -0.2) is 43.7 Å². The number of aromatic nitrogens is 5. The largest absolute Gasteiger partial charge is 0.468 e. The van der Waals surface area contributed by atoms with Gasteiger partial charge in [0.2, 0.25) is 11.7 Å². The van der Waals surface area contributed by atoms with Gasteiger partial charge >= 0.3 is 6.11 Å². The number of rotatable bonds is 6.